The molecule has 1 atom stereocenters. The second-order valence-electron chi connectivity index (χ2n) is 4.16. The zero-order valence-corrected chi connectivity index (χ0v) is 10.5. The number of hydrogen-bond donors (Lipinski definition) is 2. The highest BCUT2D eigenvalue weighted by molar-refractivity contribution is 5.95. The lowest BCUT2D eigenvalue weighted by molar-refractivity contribution is -0.124. The van der Waals surface area contributed by atoms with Gasteiger partial charge in [0.15, 0.2) is 0 Å². The smallest absolute Gasteiger partial charge is 0.231 e. The van der Waals surface area contributed by atoms with Gasteiger partial charge in [0.25, 0.3) is 0 Å². The first-order valence-corrected chi connectivity index (χ1v) is 5.57. The van der Waals surface area contributed by atoms with Crippen molar-refractivity contribution >= 4 is 11.6 Å². The second kappa shape index (κ2) is 5.63. The van der Waals surface area contributed by atoms with E-state index in [1.165, 1.54) is 0 Å². The molecule has 1 aromatic rings. The van der Waals surface area contributed by atoms with Crippen molar-refractivity contribution < 1.29 is 9.53 Å². The van der Waals surface area contributed by atoms with Crippen LogP contribution < -0.4 is 15.8 Å². The van der Waals surface area contributed by atoms with Crippen molar-refractivity contribution in [3.05, 3.63) is 18.3 Å². The van der Waals surface area contributed by atoms with E-state index in [1.54, 1.807) is 25.4 Å². The van der Waals surface area contributed by atoms with Gasteiger partial charge in [-0.1, -0.05) is 6.92 Å². The number of nitrogens with zero attached hydrogens (tertiary/aromatic N) is 1. The van der Waals surface area contributed by atoms with Gasteiger partial charge in [0.05, 0.1) is 24.4 Å². The number of methoxy groups -OCH3 is 1. The van der Waals surface area contributed by atoms with Gasteiger partial charge in [-0.05, 0) is 19.4 Å². The van der Waals surface area contributed by atoms with E-state index < -0.39 is 5.41 Å². The summed E-state index contributed by atoms with van der Waals surface area (Å²) in [5.41, 5.74) is 5.72. The summed E-state index contributed by atoms with van der Waals surface area (Å²) < 4.78 is 4.94. The van der Waals surface area contributed by atoms with Crippen molar-refractivity contribution in [1.29, 1.82) is 0 Å². The van der Waals surface area contributed by atoms with Crippen LogP contribution in [0.5, 0.6) is 5.88 Å². The molecule has 0 bridgehead atoms. The molecule has 5 nitrogen and oxygen atoms in total. The maximum absolute atomic E-state index is 12.0. The standard InChI is InChI=1S/C12H19N3O2/c1-4-12(2,8-13)11(16)15-9-5-6-10(17-3)14-7-9/h5-7H,4,8,13H2,1-3H3,(H,15,16). The van der Waals surface area contributed by atoms with Crippen molar-refractivity contribution in [2.75, 3.05) is 19.0 Å². The van der Waals surface area contributed by atoms with E-state index in [9.17, 15) is 4.79 Å². The van der Waals surface area contributed by atoms with Gasteiger partial charge in [0, 0.05) is 12.6 Å². The lowest BCUT2D eigenvalue weighted by atomic mass is 9.86. The van der Waals surface area contributed by atoms with Crippen LogP contribution in [-0.2, 0) is 4.79 Å². The zero-order chi connectivity index (χ0) is 12.9. The Balaban J connectivity index is 2.73. The maximum Gasteiger partial charge on any atom is 0.231 e. The molecule has 3 N–H and O–H groups in total. The Morgan fingerprint density at radius 3 is 2.71 bits per heavy atom. The van der Waals surface area contributed by atoms with Crippen molar-refractivity contribution in [1.82, 2.24) is 4.98 Å². The highest BCUT2D eigenvalue weighted by Crippen LogP contribution is 2.22. The summed E-state index contributed by atoms with van der Waals surface area (Å²) in [4.78, 5) is 16.0. The molecule has 0 saturated carbocycles. The van der Waals surface area contributed by atoms with Gasteiger partial charge in [-0.2, -0.15) is 0 Å². The molecule has 1 unspecified atom stereocenters. The molecule has 0 radical (unpaired) electrons. The number of ether oxygens (including phenoxy) is 1. The number of pyridine rings is 1. The van der Waals surface area contributed by atoms with Gasteiger partial charge in [-0.3, -0.25) is 4.79 Å². The fourth-order valence-electron chi connectivity index (χ4n) is 1.25. The van der Waals surface area contributed by atoms with Gasteiger partial charge in [-0.15, -0.1) is 0 Å². The highest BCUT2D eigenvalue weighted by Gasteiger charge is 2.29. The van der Waals surface area contributed by atoms with Crippen LogP contribution in [0, 0.1) is 5.41 Å². The number of amides is 1. The number of nitrogens with two attached hydrogens (primary N) is 1. The van der Waals surface area contributed by atoms with E-state index in [0.717, 1.165) is 0 Å². The Labute approximate surface area is 101 Å². The quantitative estimate of drug-likeness (QED) is 0.811. The number of rotatable bonds is 5. The van der Waals surface area contributed by atoms with Gasteiger partial charge >= 0.3 is 0 Å². The van der Waals surface area contributed by atoms with Crippen LogP contribution in [0.15, 0.2) is 18.3 Å². The first kappa shape index (κ1) is 13.4. The minimum Gasteiger partial charge on any atom is -0.481 e. The Morgan fingerprint density at radius 2 is 2.29 bits per heavy atom. The molecule has 17 heavy (non-hydrogen) atoms. The number of nitrogens with one attached hydrogen (secondary N) is 1. The molecule has 1 amide bonds. The zero-order valence-electron chi connectivity index (χ0n) is 10.5. The first-order valence-electron chi connectivity index (χ1n) is 5.57. The SMILES string of the molecule is CCC(C)(CN)C(=O)Nc1ccc(OC)nc1. The number of carbonyl (C=O) groups excluding carboxylic acids is 1. The molecule has 1 rings (SSSR count). The monoisotopic (exact) mass is 237 g/mol. The molecule has 0 aliphatic heterocycles. The lowest BCUT2D eigenvalue weighted by Gasteiger charge is -2.24. The largest absolute Gasteiger partial charge is 0.481 e. The van der Waals surface area contributed by atoms with Gasteiger partial charge in [-0.25, -0.2) is 4.98 Å². The molecular formula is C12H19N3O2. The molecule has 1 aromatic heterocycles. The van der Waals surface area contributed by atoms with E-state index in [-0.39, 0.29) is 5.91 Å². The van der Waals surface area contributed by atoms with E-state index in [1.807, 2.05) is 13.8 Å². The van der Waals surface area contributed by atoms with Crippen molar-refractivity contribution in [2.24, 2.45) is 11.1 Å². The van der Waals surface area contributed by atoms with E-state index in [4.69, 9.17) is 10.5 Å². The first-order chi connectivity index (χ1) is 8.05. The van der Waals surface area contributed by atoms with Crippen molar-refractivity contribution in [2.45, 2.75) is 20.3 Å². The fourth-order valence-corrected chi connectivity index (χ4v) is 1.25. The third-order valence-electron chi connectivity index (χ3n) is 2.98. The summed E-state index contributed by atoms with van der Waals surface area (Å²) in [6.45, 7) is 4.11. The Bertz CT molecular complexity index is 372. The average Bonchev–Trinajstić information content (AvgIpc) is 2.38. The summed E-state index contributed by atoms with van der Waals surface area (Å²) >= 11 is 0. The van der Waals surface area contributed by atoms with Crippen LogP contribution in [-0.4, -0.2) is 24.5 Å². The molecule has 0 aliphatic rings. The topological polar surface area (TPSA) is 77.2 Å². The number of aromatic nitrogens is 1. The summed E-state index contributed by atoms with van der Waals surface area (Å²) in [6.07, 6.45) is 2.25. The molecule has 0 spiro atoms. The predicted octanol–water partition coefficient (Wildman–Crippen LogP) is 1.40. The molecular weight excluding hydrogens is 218 g/mol. The van der Waals surface area contributed by atoms with E-state index in [2.05, 4.69) is 10.3 Å². The van der Waals surface area contributed by atoms with Gasteiger partial charge in [0.1, 0.15) is 0 Å². The highest BCUT2D eigenvalue weighted by atomic mass is 16.5. The minimum atomic E-state index is -0.542. The summed E-state index contributed by atoms with van der Waals surface area (Å²) in [5, 5.41) is 2.80. The number of anilines is 1. The summed E-state index contributed by atoms with van der Waals surface area (Å²) in [7, 11) is 1.54. The molecule has 0 saturated heterocycles. The molecule has 0 aliphatic carbocycles. The van der Waals surface area contributed by atoms with Gasteiger partial charge in [0.2, 0.25) is 11.8 Å². The van der Waals surface area contributed by atoms with Gasteiger partial charge < -0.3 is 15.8 Å². The van der Waals surface area contributed by atoms with Crippen molar-refractivity contribution in [3.63, 3.8) is 0 Å². The van der Waals surface area contributed by atoms with Crippen LogP contribution in [0.3, 0.4) is 0 Å². The minimum absolute atomic E-state index is 0.0885. The number of hydrogen-bond acceptors (Lipinski definition) is 4. The molecule has 0 aromatic carbocycles. The molecule has 1 heterocycles. The summed E-state index contributed by atoms with van der Waals surface area (Å²) in [5.74, 6) is 0.426. The third-order valence-corrected chi connectivity index (χ3v) is 2.98. The molecule has 94 valence electrons. The summed E-state index contributed by atoms with van der Waals surface area (Å²) in [6, 6.07) is 3.44. The van der Waals surface area contributed by atoms with Crippen LogP contribution in [0.2, 0.25) is 0 Å². The fraction of sp³-hybridized carbons (Fsp3) is 0.500. The second-order valence-corrected chi connectivity index (χ2v) is 4.16. The normalized spacial score (nSPS) is 13.9. The maximum atomic E-state index is 12.0. The third kappa shape index (κ3) is 3.17. The lowest BCUT2D eigenvalue weighted by Crippen LogP contribution is -2.39. The van der Waals surface area contributed by atoms with Crippen LogP contribution in [0.25, 0.3) is 0 Å². The predicted molar refractivity (Wildman–Crippen MR) is 66.9 cm³/mol. The Kier molecular flexibility index (Phi) is 4.45. The van der Waals surface area contributed by atoms with Crippen LogP contribution >= 0.6 is 0 Å². The van der Waals surface area contributed by atoms with Crippen molar-refractivity contribution in [3.8, 4) is 5.88 Å². The molecule has 5 heteroatoms. The van der Waals surface area contributed by atoms with E-state index in [0.29, 0.717) is 24.5 Å². The average molecular weight is 237 g/mol. The van der Waals surface area contributed by atoms with E-state index >= 15 is 0 Å². The van der Waals surface area contributed by atoms with Crippen LogP contribution in [0.1, 0.15) is 20.3 Å². The number of carbonyl (C=O) groups is 1. The molecule has 0 fully saturated rings. The Hall–Kier alpha value is -1.62. The Morgan fingerprint density at radius 1 is 1.59 bits per heavy atom. The van der Waals surface area contributed by atoms with Crippen LogP contribution in [0.4, 0.5) is 5.69 Å².